The van der Waals surface area contributed by atoms with Gasteiger partial charge in [-0.1, -0.05) is 24.1 Å². The van der Waals surface area contributed by atoms with Gasteiger partial charge in [-0.15, -0.1) is 6.42 Å². The molecule has 18 heavy (non-hydrogen) atoms. The highest BCUT2D eigenvalue weighted by Gasteiger charge is 1.96. The van der Waals surface area contributed by atoms with Gasteiger partial charge >= 0.3 is 0 Å². The van der Waals surface area contributed by atoms with Crippen molar-refractivity contribution in [2.75, 3.05) is 11.9 Å². The highest BCUT2D eigenvalue weighted by Crippen LogP contribution is 2.13. The molecule has 2 nitrogen and oxygen atoms in total. The second-order valence-corrected chi connectivity index (χ2v) is 4.07. The number of phenols is 1. The summed E-state index contributed by atoms with van der Waals surface area (Å²) in [5, 5.41) is 12.7. The third-order valence-corrected chi connectivity index (χ3v) is 2.68. The van der Waals surface area contributed by atoms with Gasteiger partial charge < -0.3 is 10.4 Å². The number of nitrogens with one attached hydrogen (secondary N) is 1. The number of terminal acetylenes is 1. The second kappa shape index (κ2) is 5.79. The Balaban J connectivity index is 1.90. The predicted octanol–water partition coefficient (Wildman–Crippen LogP) is 3.03. The number of anilines is 1. The molecule has 0 heterocycles. The van der Waals surface area contributed by atoms with Gasteiger partial charge in [-0.3, -0.25) is 0 Å². The predicted molar refractivity (Wildman–Crippen MR) is 74.7 cm³/mol. The van der Waals surface area contributed by atoms with Crippen LogP contribution in [0, 0.1) is 12.3 Å². The fourth-order valence-corrected chi connectivity index (χ4v) is 1.78. The molecule has 2 heteroatoms. The summed E-state index contributed by atoms with van der Waals surface area (Å²) in [6, 6.07) is 15.1. The maximum Gasteiger partial charge on any atom is 0.115 e. The van der Waals surface area contributed by atoms with Gasteiger partial charge in [-0.25, -0.2) is 0 Å². The maximum absolute atomic E-state index is 9.36. The van der Waals surface area contributed by atoms with E-state index in [0.29, 0.717) is 5.75 Å². The lowest BCUT2D eigenvalue weighted by molar-refractivity contribution is 0.474. The van der Waals surface area contributed by atoms with Gasteiger partial charge in [0.1, 0.15) is 5.75 Å². The largest absolute Gasteiger partial charge is 0.508 e. The van der Waals surface area contributed by atoms with Crippen molar-refractivity contribution < 1.29 is 5.11 Å². The molecular formula is C16H15NO. The second-order valence-electron chi connectivity index (χ2n) is 4.07. The first-order valence-corrected chi connectivity index (χ1v) is 5.86. The van der Waals surface area contributed by atoms with E-state index in [0.717, 1.165) is 29.8 Å². The Labute approximate surface area is 107 Å². The van der Waals surface area contributed by atoms with Crippen LogP contribution in [0.4, 0.5) is 5.69 Å². The summed E-state index contributed by atoms with van der Waals surface area (Å²) >= 11 is 0. The molecule has 0 spiro atoms. The summed E-state index contributed by atoms with van der Waals surface area (Å²) in [4.78, 5) is 0. The lowest BCUT2D eigenvalue weighted by Crippen LogP contribution is -2.04. The highest BCUT2D eigenvalue weighted by atomic mass is 16.3. The summed E-state index contributed by atoms with van der Waals surface area (Å²) in [5.74, 6) is 2.92. The molecule has 0 atom stereocenters. The number of aromatic hydroxyl groups is 1. The zero-order chi connectivity index (χ0) is 12.8. The van der Waals surface area contributed by atoms with E-state index in [1.54, 1.807) is 12.1 Å². The van der Waals surface area contributed by atoms with E-state index in [2.05, 4.69) is 11.2 Å². The average molecular weight is 237 g/mol. The first kappa shape index (κ1) is 12.1. The Kier molecular flexibility index (Phi) is 3.88. The summed E-state index contributed by atoms with van der Waals surface area (Å²) in [6.07, 6.45) is 6.21. The maximum atomic E-state index is 9.36. The average Bonchev–Trinajstić information content (AvgIpc) is 2.39. The minimum absolute atomic E-state index is 0.307. The van der Waals surface area contributed by atoms with Gasteiger partial charge in [0.25, 0.3) is 0 Å². The SMILES string of the molecule is C#Cc1cccc(NCCc2cccc(O)c2)c1. The fraction of sp³-hybridized carbons (Fsp3) is 0.125. The van der Waals surface area contributed by atoms with E-state index in [1.165, 1.54) is 0 Å². The van der Waals surface area contributed by atoms with Crippen LogP contribution in [0.5, 0.6) is 5.75 Å². The molecule has 0 aromatic heterocycles. The van der Waals surface area contributed by atoms with E-state index in [1.807, 2.05) is 36.4 Å². The Morgan fingerprint density at radius 1 is 1.11 bits per heavy atom. The van der Waals surface area contributed by atoms with E-state index in [-0.39, 0.29) is 0 Å². The topological polar surface area (TPSA) is 32.3 Å². The molecule has 0 saturated heterocycles. The van der Waals surface area contributed by atoms with E-state index < -0.39 is 0 Å². The molecule has 0 aliphatic heterocycles. The van der Waals surface area contributed by atoms with Crippen molar-refractivity contribution in [3.8, 4) is 18.1 Å². The Bertz CT molecular complexity index is 569. The quantitative estimate of drug-likeness (QED) is 0.801. The third-order valence-electron chi connectivity index (χ3n) is 2.68. The molecule has 90 valence electrons. The van der Waals surface area contributed by atoms with Gasteiger partial charge in [0, 0.05) is 17.8 Å². The molecule has 0 aliphatic rings. The van der Waals surface area contributed by atoms with Crippen molar-refractivity contribution in [2.24, 2.45) is 0 Å². The zero-order valence-electron chi connectivity index (χ0n) is 10.1. The molecule has 0 aliphatic carbocycles. The van der Waals surface area contributed by atoms with Crippen LogP contribution >= 0.6 is 0 Å². The van der Waals surface area contributed by atoms with Gasteiger partial charge in [0.05, 0.1) is 0 Å². The Hall–Kier alpha value is -2.40. The molecule has 2 N–H and O–H groups in total. The summed E-state index contributed by atoms with van der Waals surface area (Å²) in [7, 11) is 0. The van der Waals surface area contributed by atoms with Crippen molar-refractivity contribution >= 4 is 5.69 Å². The van der Waals surface area contributed by atoms with Crippen molar-refractivity contribution in [1.29, 1.82) is 0 Å². The molecule has 2 aromatic rings. The number of hydrogen-bond acceptors (Lipinski definition) is 2. The van der Waals surface area contributed by atoms with Crippen LogP contribution in [0.3, 0.4) is 0 Å². The third kappa shape index (κ3) is 3.29. The number of rotatable bonds is 4. The van der Waals surface area contributed by atoms with Crippen molar-refractivity contribution in [3.05, 3.63) is 59.7 Å². The van der Waals surface area contributed by atoms with Crippen molar-refractivity contribution in [1.82, 2.24) is 0 Å². The molecule has 2 rings (SSSR count). The van der Waals surface area contributed by atoms with Crippen LogP contribution in [-0.4, -0.2) is 11.7 Å². The summed E-state index contributed by atoms with van der Waals surface area (Å²) < 4.78 is 0. The fourth-order valence-electron chi connectivity index (χ4n) is 1.78. The first-order valence-electron chi connectivity index (χ1n) is 5.86. The van der Waals surface area contributed by atoms with Crippen LogP contribution in [-0.2, 0) is 6.42 Å². The Morgan fingerprint density at radius 2 is 1.94 bits per heavy atom. The first-order chi connectivity index (χ1) is 8.78. The molecule has 0 amide bonds. The van der Waals surface area contributed by atoms with Gasteiger partial charge in [0.2, 0.25) is 0 Å². The van der Waals surface area contributed by atoms with Crippen LogP contribution in [0.2, 0.25) is 0 Å². The zero-order valence-corrected chi connectivity index (χ0v) is 10.1. The van der Waals surface area contributed by atoms with Crippen LogP contribution < -0.4 is 5.32 Å². The molecule has 0 radical (unpaired) electrons. The lowest BCUT2D eigenvalue weighted by Gasteiger charge is -2.07. The van der Waals surface area contributed by atoms with Gasteiger partial charge in [0.15, 0.2) is 0 Å². The molecule has 0 unspecified atom stereocenters. The number of hydrogen-bond donors (Lipinski definition) is 2. The van der Waals surface area contributed by atoms with E-state index in [9.17, 15) is 5.11 Å². The van der Waals surface area contributed by atoms with Crippen molar-refractivity contribution in [2.45, 2.75) is 6.42 Å². The normalized spacial score (nSPS) is 9.72. The summed E-state index contributed by atoms with van der Waals surface area (Å²) in [5.41, 5.74) is 3.00. The minimum Gasteiger partial charge on any atom is -0.508 e. The van der Waals surface area contributed by atoms with Crippen LogP contribution in [0.25, 0.3) is 0 Å². The van der Waals surface area contributed by atoms with Crippen LogP contribution in [0.15, 0.2) is 48.5 Å². The van der Waals surface area contributed by atoms with Crippen LogP contribution in [0.1, 0.15) is 11.1 Å². The summed E-state index contributed by atoms with van der Waals surface area (Å²) in [6.45, 7) is 0.803. The Morgan fingerprint density at radius 3 is 2.72 bits per heavy atom. The number of phenolic OH excluding ortho intramolecular Hbond substituents is 1. The lowest BCUT2D eigenvalue weighted by atomic mass is 10.1. The molecular weight excluding hydrogens is 222 g/mol. The molecule has 2 aromatic carbocycles. The van der Waals surface area contributed by atoms with Gasteiger partial charge in [-0.2, -0.15) is 0 Å². The molecule has 0 bridgehead atoms. The van der Waals surface area contributed by atoms with Gasteiger partial charge in [-0.05, 0) is 42.3 Å². The van der Waals surface area contributed by atoms with E-state index >= 15 is 0 Å². The number of benzene rings is 2. The molecule has 0 fully saturated rings. The highest BCUT2D eigenvalue weighted by molar-refractivity contribution is 5.50. The smallest absolute Gasteiger partial charge is 0.115 e. The van der Waals surface area contributed by atoms with E-state index in [4.69, 9.17) is 6.42 Å². The monoisotopic (exact) mass is 237 g/mol. The molecule has 0 saturated carbocycles. The minimum atomic E-state index is 0.307. The standard InChI is InChI=1S/C16H15NO/c1-2-13-5-3-7-15(11-13)17-10-9-14-6-4-8-16(18)12-14/h1,3-8,11-12,17-18H,9-10H2. The van der Waals surface area contributed by atoms with Crippen molar-refractivity contribution in [3.63, 3.8) is 0 Å².